The number of anilines is 1. The number of benzene rings is 1. The Labute approximate surface area is 195 Å². The molecule has 33 heavy (non-hydrogen) atoms. The maximum absolute atomic E-state index is 13.3. The highest BCUT2D eigenvalue weighted by atomic mass is 16.2. The Balaban J connectivity index is 1.39. The van der Waals surface area contributed by atoms with E-state index < -0.39 is 6.04 Å². The van der Waals surface area contributed by atoms with Crippen LogP contribution in [0.15, 0.2) is 36.4 Å². The first kappa shape index (κ1) is 23.0. The van der Waals surface area contributed by atoms with Crippen LogP contribution in [0.5, 0.6) is 0 Å². The number of piperidine rings is 1. The first-order chi connectivity index (χ1) is 15.9. The van der Waals surface area contributed by atoms with E-state index in [1.165, 1.54) is 4.90 Å². The second-order valence-electron chi connectivity index (χ2n) is 9.78. The average Bonchev–Trinajstić information content (AvgIpc) is 3.08. The Morgan fingerprint density at radius 3 is 2.15 bits per heavy atom. The van der Waals surface area contributed by atoms with E-state index in [-0.39, 0.29) is 41.5 Å². The van der Waals surface area contributed by atoms with Crippen LogP contribution in [0.25, 0.3) is 0 Å². The van der Waals surface area contributed by atoms with Crippen LogP contribution in [0.2, 0.25) is 0 Å². The summed E-state index contributed by atoms with van der Waals surface area (Å²) in [5, 5.41) is 12.1. The molecule has 0 aromatic heterocycles. The van der Waals surface area contributed by atoms with Crippen molar-refractivity contribution < 1.29 is 14.4 Å². The number of nitriles is 1. The molecule has 2 aliphatic heterocycles. The fraction of sp³-hybridized carbons (Fsp3) is 0.538. The Morgan fingerprint density at radius 2 is 1.64 bits per heavy atom. The molecule has 7 heteroatoms. The van der Waals surface area contributed by atoms with Gasteiger partial charge >= 0.3 is 0 Å². The second kappa shape index (κ2) is 9.78. The molecule has 7 nitrogen and oxygen atoms in total. The zero-order valence-corrected chi connectivity index (χ0v) is 19.4. The number of amides is 3. The zero-order valence-electron chi connectivity index (χ0n) is 19.4. The number of allylic oxidation sites excluding steroid dienone is 2. The van der Waals surface area contributed by atoms with Crippen molar-refractivity contribution in [3.63, 3.8) is 0 Å². The topological polar surface area (TPSA) is 93.5 Å². The molecule has 0 saturated carbocycles. The second-order valence-corrected chi connectivity index (χ2v) is 9.78. The minimum Gasteiger partial charge on any atom is -0.371 e. The third-order valence-corrected chi connectivity index (χ3v) is 7.05. The molecule has 4 rings (SSSR count). The van der Waals surface area contributed by atoms with Gasteiger partial charge in [0.05, 0.1) is 23.5 Å². The van der Waals surface area contributed by atoms with E-state index in [9.17, 15) is 14.4 Å². The third kappa shape index (κ3) is 4.80. The first-order valence-electron chi connectivity index (χ1n) is 12.0. The van der Waals surface area contributed by atoms with Crippen molar-refractivity contribution in [2.24, 2.45) is 17.8 Å². The van der Waals surface area contributed by atoms with E-state index >= 15 is 0 Å². The molecule has 3 aliphatic rings. The molecule has 0 bridgehead atoms. The van der Waals surface area contributed by atoms with E-state index in [2.05, 4.69) is 16.3 Å². The smallest absolute Gasteiger partial charge is 0.243 e. The lowest BCUT2D eigenvalue weighted by Crippen LogP contribution is -2.54. The van der Waals surface area contributed by atoms with Gasteiger partial charge in [-0.3, -0.25) is 19.3 Å². The number of carbonyl (C=O) groups is 3. The maximum atomic E-state index is 13.3. The largest absolute Gasteiger partial charge is 0.371 e. The van der Waals surface area contributed by atoms with Crippen molar-refractivity contribution in [2.75, 3.05) is 18.0 Å². The number of nitrogens with zero attached hydrogens (tertiary/aromatic N) is 3. The van der Waals surface area contributed by atoms with Crippen molar-refractivity contribution >= 4 is 23.4 Å². The Morgan fingerprint density at radius 1 is 1.06 bits per heavy atom. The van der Waals surface area contributed by atoms with Gasteiger partial charge in [-0.15, -0.1) is 0 Å². The molecule has 2 saturated heterocycles. The number of rotatable bonds is 6. The van der Waals surface area contributed by atoms with Crippen LogP contribution in [-0.4, -0.2) is 47.8 Å². The predicted molar refractivity (Wildman–Crippen MR) is 125 cm³/mol. The van der Waals surface area contributed by atoms with Gasteiger partial charge in [0.15, 0.2) is 0 Å². The summed E-state index contributed by atoms with van der Waals surface area (Å²) in [6, 6.07) is 8.94. The molecule has 1 aromatic carbocycles. The van der Waals surface area contributed by atoms with E-state index in [0.29, 0.717) is 24.8 Å². The van der Waals surface area contributed by atoms with E-state index in [0.717, 1.165) is 31.6 Å². The minimum atomic E-state index is -0.743. The highest BCUT2D eigenvalue weighted by Gasteiger charge is 2.51. The van der Waals surface area contributed by atoms with Gasteiger partial charge < -0.3 is 10.2 Å². The van der Waals surface area contributed by atoms with Gasteiger partial charge in [0.1, 0.15) is 6.04 Å². The maximum Gasteiger partial charge on any atom is 0.243 e. The average molecular weight is 449 g/mol. The number of nitrogens with one attached hydrogen (secondary N) is 1. The van der Waals surface area contributed by atoms with Gasteiger partial charge in [-0.25, -0.2) is 0 Å². The summed E-state index contributed by atoms with van der Waals surface area (Å²) in [6.45, 7) is 5.61. The molecule has 1 aromatic rings. The van der Waals surface area contributed by atoms with Crippen molar-refractivity contribution in [3.8, 4) is 6.07 Å². The monoisotopic (exact) mass is 448 g/mol. The Bertz CT molecular complexity index is 944. The van der Waals surface area contributed by atoms with Crippen molar-refractivity contribution in [1.82, 2.24) is 10.2 Å². The fourth-order valence-corrected chi connectivity index (χ4v) is 5.24. The Hall–Kier alpha value is -3.14. The standard InChI is InChI=1S/C26H32N4O3/c1-17(2)15-23(30-25(32)21-5-3-4-6-22(21)26(30)33)24(31)28-19-11-13-29(14-12-19)20-9-7-18(16-27)8-10-20/h3-4,7-10,17,19,21-23H,5-6,11-15H2,1-2H3,(H,28,31). The summed E-state index contributed by atoms with van der Waals surface area (Å²) in [6.07, 6.45) is 7.14. The van der Waals surface area contributed by atoms with Crippen LogP contribution in [0.3, 0.4) is 0 Å². The molecule has 2 fully saturated rings. The Kier molecular flexibility index (Phi) is 6.83. The van der Waals surface area contributed by atoms with Crippen LogP contribution in [0.1, 0.15) is 51.5 Å². The van der Waals surface area contributed by atoms with Gasteiger partial charge in [-0.2, -0.15) is 5.26 Å². The van der Waals surface area contributed by atoms with Gasteiger partial charge in [-0.1, -0.05) is 26.0 Å². The number of imide groups is 1. The lowest BCUT2D eigenvalue weighted by Gasteiger charge is -2.35. The van der Waals surface area contributed by atoms with Crippen molar-refractivity contribution in [2.45, 2.75) is 58.0 Å². The number of likely N-dealkylation sites (tertiary alicyclic amines) is 1. The van der Waals surface area contributed by atoms with E-state index in [1.807, 2.05) is 50.3 Å². The molecule has 1 aliphatic carbocycles. The van der Waals surface area contributed by atoms with Gasteiger partial charge in [-0.05, 0) is 62.3 Å². The summed E-state index contributed by atoms with van der Waals surface area (Å²) >= 11 is 0. The highest BCUT2D eigenvalue weighted by molar-refractivity contribution is 6.08. The summed E-state index contributed by atoms with van der Waals surface area (Å²) in [7, 11) is 0. The quantitative estimate of drug-likeness (QED) is 0.533. The summed E-state index contributed by atoms with van der Waals surface area (Å²) < 4.78 is 0. The molecular weight excluding hydrogens is 416 g/mol. The normalized spacial score (nSPS) is 24.1. The molecule has 174 valence electrons. The third-order valence-electron chi connectivity index (χ3n) is 7.05. The molecule has 2 heterocycles. The summed E-state index contributed by atoms with van der Waals surface area (Å²) in [4.78, 5) is 43.0. The lowest BCUT2D eigenvalue weighted by molar-refractivity contribution is -0.148. The van der Waals surface area contributed by atoms with Crippen LogP contribution in [0, 0.1) is 29.1 Å². The van der Waals surface area contributed by atoms with Gasteiger partial charge in [0, 0.05) is 24.8 Å². The van der Waals surface area contributed by atoms with Crippen LogP contribution >= 0.6 is 0 Å². The molecule has 0 spiro atoms. The van der Waals surface area contributed by atoms with E-state index in [4.69, 9.17) is 5.26 Å². The number of hydrogen-bond donors (Lipinski definition) is 1. The van der Waals surface area contributed by atoms with E-state index in [1.54, 1.807) is 0 Å². The first-order valence-corrected chi connectivity index (χ1v) is 12.0. The van der Waals surface area contributed by atoms with Crippen molar-refractivity contribution in [1.29, 1.82) is 5.26 Å². The highest BCUT2D eigenvalue weighted by Crippen LogP contribution is 2.37. The fourth-order valence-electron chi connectivity index (χ4n) is 5.24. The number of hydrogen-bond acceptors (Lipinski definition) is 5. The molecule has 0 radical (unpaired) electrons. The lowest BCUT2D eigenvalue weighted by atomic mass is 9.85. The summed E-state index contributed by atoms with van der Waals surface area (Å²) in [5.74, 6) is -1.05. The van der Waals surface area contributed by atoms with Crippen LogP contribution in [-0.2, 0) is 14.4 Å². The molecular formula is C26H32N4O3. The molecule has 3 atom stereocenters. The van der Waals surface area contributed by atoms with Crippen LogP contribution < -0.4 is 10.2 Å². The summed E-state index contributed by atoms with van der Waals surface area (Å²) in [5.41, 5.74) is 1.71. The van der Waals surface area contributed by atoms with Crippen LogP contribution in [0.4, 0.5) is 5.69 Å². The zero-order chi connectivity index (χ0) is 23.5. The minimum absolute atomic E-state index is 0.0125. The SMILES string of the molecule is CC(C)CC(C(=O)NC1CCN(c2ccc(C#N)cc2)CC1)N1C(=O)C2CC=CCC2C1=O. The number of carbonyl (C=O) groups excluding carboxylic acids is 3. The van der Waals surface area contributed by atoms with Crippen molar-refractivity contribution in [3.05, 3.63) is 42.0 Å². The predicted octanol–water partition coefficient (Wildman–Crippen LogP) is 3.01. The number of fused-ring (bicyclic) bond motifs is 1. The molecule has 3 unspecified atom stereocenters. The van der Waals surface area contributed by atoms with Gasteiger partial charge in [0.25, 0.3) is 0 Å². The van der Waals surface area contributed by atoms with Gasteiger partial charge in [0.2, 0.25) is 17.7 Å². The molecule has 1 N–H and O–H groups in total. The molecule has 3 amide bonds.